The van der Waals surface area contributed by atoms with Crippen LogP contribution in [0.15, 0.2) is 48.5 Å². The van der Waals surface area contributed by atoms with Crippen LogP contribution in [0.3, 0.4) is 0 Å². The molecule has 0 radical (unpaired) electrons. The lowest BCUT2D eigenvalue weighted by Crippen LogP contribution is -2.29. The SMILES string of the molecule is OCCOc1ccccc1CNCc1ccc(N2CCCCC2)cc1. The smallest absolute Gasteiger partial charge is 0.123 e. The molecule has 0 aromatic heterocycles. The largest absolute Gasteiger partial charge is 0.491 e. The molecule has 1 aliphatic heterocycles. The monoisotopic (exact) mass is 340 g/mol. The number of anilines is 1. The van der Waals surface area contributed by atoms with Gasteiger partial charge in [-0.1, -0.05) is 30.3 Å². The van der Waals surface area contributed by atoms with Crippen molar-refractivity contribution in [3.8, 4) is 5.75 Å². The number of nitrogens with zero attached hydrogens (tertiary/aromatic N) is 1. The van der Waals surface area contributed by atoms with Crippen molar-refractivity contribution in [2.24, 2.45) is 0 Å². The molecule has 0 amide bonds. The van der Waals surface area contributed by atoms with Gasteiger partial charge < -0.3 is 20.1 Å². The number of para-hydroxylation sites is 1. The molecule has 0 aliphatic carbocycles. The Kier molecular flexibility index (Phi) is 6.71. The first kappa shape index (κ1) is 17.8. The highest BCUT2D eigenvalue weighted by molar-refractivity contribution is 5.47. The molecule has 2 aromatic carbocycles. The molecule has 4 nitrogen and oxygen atoms in total. The quantitative estimate of drug-likeness (QED) is 0.774. The number of hydrogen-bond acceptors (Lipinski definition) is 4. The highest BCUT2D eigenvalue weighted by Crippen LogP contribution is 2.21. The standard InChI is InChI=1S/C21H28N2O2/c24-14-15-25-21-7-3-2-6-19(21)17-22-16-18-8-10-20(11-9-18)23-12-4-1-5-13-23/h2-3,6-11,22,24H,1,4-5,12-17H2. The van der Waals surface area contributed by atoms with Crippen LogP contribution in [-0.4, -0.2) is 31.4 Å². The summed E-state index contributed by atoms with van der Waals surface area (Å²) in [7, 11) is 0. The van der Waals surface area contributed by atoms with E-state index in [1.165, 1.54) is 43.6 Å². The number of hydrogen-bond donors (Lipinski definition) is 2. The Hall–Kier alpha value is -2.04. The third-order valence-electron chi connectivity index (χ3n) is 4.62. The van der Waals surface area contributed by atoms with Crippen LogP contribution in [0.2, 0.25) is 0 Å². The first-order chi connectivity index (χ1) is 12.4. The van der Waals surface area contributed by atoms with Crippen molar-refractivity contribution in [3.63, 3.8) is 0 Å². The highest BCUT2D eigenvalue weighted by atomic mass is 16.5. The average Bonchev–Trinajstić information content (AvgIpc) is 2.68. The van der Waals surface area contributed by atoms with Gasteiger partial charge in [0.25, 0.3) is 0 Å². The fraction of sp³-hybridized carbons (Fsp3) is 0.429. The fourth-order valence-corrected chi connectivity index (χ4v) is 3.26. The Morgan fingerprint density at radius 3 is 2.44 bits per heavy atom. The van der Waals surface area contributed by atoms with Crippen LogP contribution in [0.4, 0.5) is 5.69 Å². The Morgan fingerprint density at radius 1 is 0.920 bits per heavy atom. The zero-order valence-corrected chi connectivity index (χ0v) is 14.8. The molecule has 0 atom stereocenters. The van der Waals surface area contributed by atoms with Gasteiger partial charge >= 0.3 is 0 Å². The minimum Gasteiger partial charge on any atom is -0.491 e. The van der Waals surface area contributed by atoms with Crippen LogP contribution >= 0.6 is 0 Å². The van der Waals surface area contributed by atoms with Crippen molar-refractivity contribution in [3.05, 3.63) is 59.7 Å². The van der Waals surface area contributed by atoms with E-state index < -0.39 is 0 Å². The van der Waals surface area contributed by atoms with Gasteiger partial charge in [0, 0.05) is 37.4 Å². The zero-order valence-electron chi connectivity index (χ0n) is 14.8. The van der Waals surface area contributed by atoms with Crippen molar-refractivity contribution < 1.29 is 9.84 Å². The second-order valence-corrected chi connectivity index (χ2v) is 6.50. The minimum absolute atomic E-state index is 0.0329. The second-order valence-electron chi connectivity index (χ2n) is 6.50. The summed E-state index contributed by atoms with van der Waals surface area (Å²) in [6, 6.07) is 16.9. The summed E-state index contributed by atoms with van der Waals surface area (Å²) in [6.07, 6.45) is 3.98. The van der Waals surface area contributed by atoms with E-state index in [1.807, 2.05) is 18.2 Å². The van der Waals surface area contributed by atoms with E-state index in [0.717, 1.165) is 24.4 Å². The van der Waals surface area contributed by atoms with Crippen LogP contribution in [0, 0.1) is 0 Å². The van der Waals surface area contributed by atoms with E-state index >= 15 is 0 Å². The van der Waals surface area contributed by atoms with Crippen molar-refractivity contribution >= 4 is 5.69 Å². The van der Waals surface area contributed by atoms with Gasteiger partial charge in [0.1, 0.15) is 12.4 Å². The Bertz CT molecular complexity index is 637. The van der Waals surface area contributed by atoms with E-state index in [-0.39, 0.29) is 6.61 Å². The topological polar surface area (TPSA) is 44.7 Å². The number of nitrogens with one attached hydrogen (secondary N) is 1. The van der Waals surface area contributed by atoms with Gasteiger partial charge in [-0.3, -0.25) is 0 Å². The normalized spacial score (nSPS) is 14.5. The zero-order chi connectivity index (χ0) is 17.3. The summed E-state index contributed by atoms with van der Waals surface area (Å²) in [4.78, 5) is 2.48. The maximum absolute atomic E-state index is 8.92. The maximum atomic E-state index is 8.92. The lowest BCUT2D eigenvalue weighted by Gasteiger charge is -2.28. The molecule has 1 heterocycles. The predicted molar refractivity (Wildman–Crippen MR) is 102 cm³/mol. The molecule has 1 saturated heterocycles. The molecule has 4 heteroatoms. The van der Waals surface area contributed by atoms with Crippen molar-refractivity contribution in [2.75, 3.05) is 31.2 Å². The Labute approximate surface area is 150 Å². The van der Waals surface area contributed by atoms with Crippen LogP contribution < -0.4 is 15.0 Å². The van der Waals surface area contributed by atoms with E-state index in [0.29, 0.717) is 6.61 Å². The number of aliphatic hydroxyl groups excluding tert-OH is 1. The summed E-state index contributed by atoms with van der Waals surface area (Å²) < 4.78 is 5.58. The average molecular weight is 340 g/mol. The van der Waals surface area contributed by atoms with Gasteiger partial charge in [0.05, 0.1) is 6.61 Å². The maximum Gasteiger partial charge on any atom is 0.123 e. The molecule has 2 N–H and O–H groups in total. The lowest BCUT2D eigenvalue weighted by atomic mass is 10.1. The summed E-state index contributed by atoms with van der Waals surface area (Å²) >= 11 is 0. The first-order valence-electron chi connectivity index (χ1n) is 9.23. The molecule has 134 valence electrons. The number of benzene rings is 2. The number of piperidine rings is 1. The van der Waals surface area contributed by atoms with E-state index in [2.05, 4.69) is 40.5 Å². The third kappa shape index (κ3) is 5.21. The Morgan fingerprint density at radius 2 is 1.68 bits per heavy atom. The number of ether oxygens (including phenoxy) is 1. The molecular weight excluding hydrogens is 312 g/mol. The van der Waals surface area contributed by atoms with Gasteiger partial charge in [0.15, 0.2) is 0 Å². The summed E-state index contributed by atoms with van der Waals surface area (Å²) in [5, 5.41) is 12.4. The van der Waals surface area contributed by atoms with E-state index in [4.69, 9.17) is 9.84 Å². The van der Waals surface area contributed by atoms with Gasteiger partial charge in [0.2, 0.25) is 0 Å². The number of rotatable bonds is 8. The molecule has 0 bridgehead atoms. The molecular formula is C21H28N2O2. The molecule has 1 fully saturated rings. The van der Waals surface area contributed by atoms with Crippen LogP contribution in [-0.2, 0) is 13.1 Å². The number of aliphatic hydroxyl groups is 1. The van der Waals surface area contributed by atoms with Gasteiger partial charge in [-0.15, -0.1) is 0 Å². The van der Waals surface area contributed by atoms with Crippen LogP contribution in [0.5, 0.6) is 5.75 Å². The van der Waals surface area contributed by atoms with Crippen LogP contribution in [0.1, 0.15) is 30.4 Å². The molecule has 1 aliphatic rings. The molecule has 0 saturated carbocycles. The van der Waals surface area contributed by atoms with Crippen LogP contribution in [0.25, 0.3) is 0 Å². The molecule has 0 unspecified atom stereocenters. The van der Waals surface area contributed by atoms with Crippen molar-refractivity contribution in [1.29, 1.82) is 0 Å². The Balaban J connectivity index is 1.50. The first-order valence-corrected chi connectivity index (χ1v) is 9.23. The molecule has 3 rings (SSSR count). The van der Waals surface area contributed by atoms with Gasteiger partial charge in [-0.2, -0.15) is 0 Å². The fourth-order valence-electron chi connectivity index (χ4n) is 3.26. The highest BCUT2D eigenvalue weighted by Gasteiger charge is 2.10. The van der Waals surface area contributed by atoms with Gasteiger partial charge in [-0.25, -0.2) is 0 Å². The van der Waals surface area contributed by atoms with E-state index in [9.17, 15) is 0 Å². The van der Waals surface area contributed by atoms with Gasteiger partial charge in [-0.05, 0) is 43.0 Å². The predicted octanol–water partition coefficient (Wildman–Crippen LogP) is 3.34. The van der Waals surface area contributed by atoms with E-state index in [1.54, 1.807) is 0 Å². The summed E-state index contributed by atoms with van der Waals surface area (Å²) in [5.74, 6) is 0.837. The summed E-state index contributed by atoms with van der Waals surface area (Å²) in [5.41, 5.74) is 3.74. The lowest BCUT2D eigenvalue weighted by molar-refractivity contribution is 0.200. The molecule has 2 aromatic rings. The summed E-state index contributed by atoms with van der Waals surface area (Å²) in [6.45, 7) is 4.30. The molecule has 25 heavy (non-hydrogen) atoms. The minimum atomic E-state index is 0.0329. The van der Waals surface area contributed by atoms with Crippen molar-refractivity contribution in [2.45, 2.75) is 32.4 Å². The third-order valence-corrected chi connectivity index (χ3v) is 4.62. The molecule has 0 spiro atoms. The second kappa shape index (κ2) is 9.44. The van der Waals surface area contributed by atoms with Crippen molar-refractivity contribution in [1.82, 2.24) is 5.32 Å².